The number of hydrogen-bond donors (Lipinski definition) is 0. The Labute approximate surface area is 168 Å². The fourth-order valence-electron chi connectivity index (χ4n) is 3.56. The Hall–Kier alpha value is -2.44. The van der Waals surface area contributed by atoms with E-state index in [1.54, 1.807) is 12.0 Å². The number of amides is 1. The Morgan fingerprint density at radius 2 is 2.18 bits per heavy atom. The number of fused-ring (bicyclic) bond motifs is 1. The van der Waals surface area contributed by atoms with Gasteiger partial charge in [0.1, 0.15) is 11.3 Å². The number of thiazole rings is 1. The van der Waals surface area contributed by atoms with Gasteiger partial charge in [0.2, 0.25) is 5.91 Å². The van der Waals surface area contributed by atoms with Crippen LogP contribution in [0, 0.1) is 6.92 Å². The zero-order chi connectivity index (χ0) is 19.5. The summed E-state index contributed by atoms with van der Waals surface area (Å²) in [6, 6.07) is 13.9. The molecule has 3 aromatic rings. The maximum Gasteiger partial charge on any atom is 0.233 e. The summed E-state index contributed by atoms with van der Waals surface area (Å²) in [5.74, 6) is 0.766. The average molecular weight is 397 g/mol. The average Bonchev–Trinajstić information content (AvgIpc) is 3.35. The third-order valence-corrected chi connectivity index (χ3v) is 6.01. The number of rotatable bonds is 6. The monoisotopic (exact) mass is 396 g/mol. The lowest BCUT2D eigenvalue weighted by molar-refractivity contribution is -0.118. The van der Waals surface area contributed by atoms with Crippen LogP contribution in [-0.4, -0.2) is 37.3 Å². The maximum absolute atomic E-state index is 13.2. The first-order valence-electron chi connectivity index (χ1n) is 9.55. The molecule has 1 aliphatic heterocycles. The molecule has 0 radical (unpaired) electrons. The Morgan fingerprint density at radius 3 is 2.93 bits per heavy atom. The summed E-state index contributed by atoms with van der Waals surface area (Å²) in [7, 11) is 1.64. The summed E-state index contributed by atoms with van der Waals surface area (Å²) in [6.07, 6.45) is 2.43. The van der Waals surface area contributed by atoms with Crippen molar-refractivity contribution in [1.29, 1.82) is 0 Å². The van der Waals surface area contributed by atoms with Gasteiger partial charge < -0.3 is 9.47 Å². The summed E-state index contributed by atoms with van der Waals surface area (Å²) < 4.78 is 12.3. The van der Waals surface area contributed by atoms with Crippen molar-refractivity contribution in [1.82, 2.24) is 4.98 Å². The van der Waals surface area contributed by atoms with E-state index >= 15 is 0 Å². The van der Waals surface area contributed by atoms with Crippen molar-refractivity contribution >= 4 is 32.6 Å². The maximum atomic E-state index is 13.2. The smallest absolute Gasteiger partial charge is 0.233 e. The Bertz CT molecular complexity index is 979. The van der Waals surface area contributed by atoms with Crippen molar-refractivity contribution in [2.75, 3.05) is 25.2 Å². The van der Waals surface area contributed by atoms with E-state index in [1.165, 1.54) is 11.3 Å². The van der Waals surface area contributed by atoms with Crippen molar-refractivity contribution < 1.29 is 14.3 Å². The first-order chi connectivity index (χ1) is 13.6. The number of aryl methyl sites for hydroxylation is 1. The van der Waals surface area contributed by atoms with E-state index < -0.39 is 0 Å². The van der Waals surface area contributed by atoms with Gasteiger partial charge in [-0.3, -0.25) is 9.69 Å². The molecule has 0 saturated carbocycles. The van der Waals surface area contributed by atoms with Gasteiger partial charge in [0.15, 0.2) is 5.13 Å². The van der Waals surface area contributed by atoms with Gasteiger partial charge in [-0.2, -0.15) is 0 Å². The number of benzene rings is 2. The quantitative estimate of drug-likeness (QED) is 0.621. The third-order valence-electron chi connectivity index (χ3n) is 4.97. The molecule has 1 amide bonds. The number of hydrogen-bond acceptors (Lipinski definition) is 5. The highest BCUT2D eigenvalue weighted by Gasteiger charge is 2.26. The molecule has 4 rings (SSSR count). The fraction of sp³-hybridized carbons (Fsp3) is 0.364. The van der Waals surface area contributed by atoms with Gasteiger partial charge in [0.25, 0.3) is 0 Å². The van der Waals surface area contributed by atoms with Gasteiger partial charge in [-0.1, -0.05) is 47.2 Å². The lowest BCUT2D eigenvalue weighted by atomic mass is 10.1. The Balaban J connectivity index is 1.65. The molecule has 0 aliphatic carbocycles. The number of anilines is 1. The van der Waals surface area contributed by atoms with Gasteiger partial charge in [0, 0.05) is 6.61 Å². The van der Waals surface area contributed by atoms with Crippen LogP contribution < -0.4 is 9.64 Å². The molecule has 5 nitrogen and oxygen atoms in total. The molecule has 2 aromatic carbocycles. The van der Waals surface area contributed by atoms with Crippen LogP contribution in [0.4, 0.5) is 5.13 Å². The summed E-state index contributed by atoms with van der Waals surface area (Å²) >= 11 is 1.52. The molecule has 0 spiro atoms. The number of ether oxygens (including phenoxy) is 2. The number of para-hydroxylation sites is 1. The van der Waals surface area contributed by atoms with Crippen molar-refractivity contribution in [3.05, 3.63) is 53.6 Å². The first kappa shape index (κ1) is 18.9. The zero-order valence-electron chi connectivity index (χ0n) is 16.2. The van der Waals surface area contributed by atoms with Crippen molar-refractivity contribution in [2.45, 2.75) is 32.3 Å². The van der Waals surface area contributed by atoms with Crippen LogP contribution in [0.1, 0.15) is 24.0 Å². The third kappa shape index (κ3) is 4.03. The molecule has 1 atom stereocenters. The second-order valence-corrected chi connectivity index (χ2v) is 8.12. The zero-order valence-corrected chi connectivity index (χ0v) is 17.0. The number of carbonyl (C=O) groups is 1. The first-order valence-corrected chi connectivity index (χ1v) is 10.4. The predicted molar refractivity (Wildman–Crippen MR) is 112 cm³/mol. The molecule has 28 heavy (non-hydrogen) atoms. The van der Waals surface area contributed by atoms with Gasteiger partial charge in [0.05, 0.1) is 30.9 Å². The van der Waals surface area contributed by atoms with E-state index in [0.29, 0.717) is 18.1 Å². The normalized spacial score (nSPS) is 16.4. The molecule has 1 fully saturated rings. The van der Waals surface area contributed by atoms with Gasteiger partial charge in [-0.05, 0) is 37.5 Å². The van der Waals surface area contributed by atoms with Crippen molar-refractivity contribution in [3.8, 4) is 5.75 Å². The molecule has 1 saturated heterocycles. The molecule has 2 heterocycles. The molecular weight excluding hydrogens is 372 g/mol. The molecule has 1 unspecified atom stereocenters. The minimum Gasteiger partial charge on any atom is -0.494 e. The largest absolute Gasteiger partial charge is 0.494 e. The minimum atomic E-state index is 0.0409. The molecule has 1 aliphatic rings. The standard InChI is InChI=1S/C22H24N2O3S/c1-15-6-3-7-16(12-15)13-20(25)24(14-17-8-5-11-27-17)22-23-21-18(26-2)9-4-10-19(21)28-22/h3-4,6-7,9-10,12,17H,5,8,11,13-14H2,1-2H3. The minimum absolute atomic E-state index is 0.0409. The molecule has 6 heteroatoms. The van der Waals surface area contributed by atoms with Crippen LogP contribution in [0.5, 0.6) is 5.75 Å². The highest BCUT2D eigenvalue weighted by Crippen LogP contribution is 2.34. The number of nitrogens with zero attached hydrogens (tertiary/aromatic N) is 2. The van der Waals surface area contributed by atoms with E-state index in [4.69, 9.17) is 14.5 Å². The van der Waals surface area contributed by atoms with E-state index in [-0.39, 0.29) is 12.0 Å². The van der Waals surface area contributed by atoms with Crippen LogP contribution in [-0.2, 0) is 16.0 Å². The van der Waals surface area contributed by atoms with Crippen LogP contribution in [0.3, 0.4) is 0 Å². The van der Waals surface area contributed by atoms with Gasteiger partial charge in [-0.15, -0.1) is 0 Å². The highest BCUT2D eigenvalue weighted by atomic mass is 32.1. The summed E-state index contributed by atoms with van der Waals surface area (Å²) in [5, 5.41) is 0.702. The number of carbonyl (C=O) groups excluding carboxylic acids is 1. The van der Waals surface area contributed by atoms with Gasteiger partial charge >= 0.3 is 0 Å². The summed E-state index contributed by atoms with van der Waals surface area (Å²) in [5.41, 5.74) is 2.97. The van der Waals surface area contributed by atoms with Crippen LogP contribution in [0.25, 0.3) is 10.2 Å². The molecule has 0 bridgehead atoms. The highest BCUT2D eigenvalue weighted by molar-refractivity contribution is 7.22. The lowest BCUT2D eigenvalue weighted by Crippen LogP contribution is -2.38. The van der Waals surface area contributed by atoms with E-state index in [1.807, 2.05) is 43.3 Å². The molecular formula is C22H24N2O3S. The predicted octanol–water partition coefficient (Wildman–Crippen LogP) is 4.37. The molecule has 146 valence electrons. The number of methoxy groups -OCH3 is 1. The van der Waals surface area contributed by atoms with Crippen LogP contribution >= 0.6 is 11.3 Å². The van der Waals surface area contributed by atoms with E-state index in [0.717, 1.165) is 46.5 Å². The Morgan fingerprint density at radius 1 is 1.32 bits per heavy atom. The van der Waals surface area contributed by atoms with Crippen LogP contribution in [0.15, 0.2) is 42.5 Å². The van der Waals surface area contributed by atoms with E-state index in [2.05, 4.69) is 6.07 Å². The lowest BCUT2D eigenvalue weighted by Gasteiger charge is -2.23. The summed E-state index contributed by atoms with van der Waals surface area (Å²) in [4.78, 5) is 19.8. The topological polar surface area (TPSA) is 51.7 Å². The van der Waals surface area contributed by atoms with Gasteiger partial charge in [-0.25, -0.2) is 4.98 Å². The SMILES string of the molecule is COc1cccc2sc(N(CC3CCCO3)C(=O)Cc3cccc(C)c3)nc12. The van der Waals surface area contributed by atoms with Crippen molar-refractivity contribution in [2.24, 2.45) is 0 Å². The molecule has 1 aromatic heterocycles. The fourth-order valence-corrected chi connectivity index (χ4v) is 4.57. The second kappa shape index (κ2) is 8.29. The number of aromatic nitrogens is 1. The van der Waals surface area contributed by atoms with E-state index in [9.17, 15) is 4.79 Å². The Kier molecular flexibility index (Phi) is 5.59. The summed E-state index contributed by atoms with van der Waals surface area (Å²) in [6.45, 7) is 3.34. The second-order valence-electron chi connectivity index (χ2n) is 7.11. The molecule has 0 N–H and O–H groups in total. The van der Waals surface area contributed by atoms with Crippen molar-refractivity contribution in [3.63, 3.8) is 0 Å². The van der Waals surface area contributed by atoms with Crippen LogP contribution in [0.2, 0.25) is 0 Å².